The van der Waals surface area contributed by atoms with E-state index < -0.39 is 35.4 Å². The Hall–Kier alpha value is -3.13. The average molecular weight is 462 g/mol. The number of phenolic OH excluding ortho intramolecular Hbond substituents is 1. The lowest BCUT2D eigenvalue weighted by Gasteiger charge is -2.34. The largest absolute Gasteiger partial charge is 0.508 e. The number of nitrogens with zero attached hydrogens (tertiary/aromatic N) is 1. The lowest BCUT2D eigenvalue weighted by atomic mass is 9.92. The van der Waals surface area contributed by atoms with E-state index in [1.165, 1.54) is 24.1 Å². The number of halogens is 1. The fraction of sp³-hybridized carbons (Fsp3) is 0.440. The molecule has 33 heavy (non-hydrogen) atoms. The van der Waals surface area contributed by atoms with Gasteiger partial charge in [-0.3, -0.25) is 4.90 Å². The van der Waals surface area contributed by atoms with Crippen molar-refractivity contribution < 1.29 is 33.3 Å². The third-order valence-electron chi connectivity index (χ3n) is 4.95. The van der Waals surface area contributed by atoms with Crippen LogP contribution in [0.15, 0.2) is 48.5 Å². The summed E-state index contributed by atoms with van der Waals surface area (Å²) in [7, 11) is 1.40. The molecule has 0 saturated carbocycles. The van der Waals surface area contributed by atoms with Gasteiger partial charge in [-0.1, -0.05) is 37.3 Å². The third-order valence-corrected chi connectivity index (χ3v) is 4.95. The summed E-state index contributed by atoms with van der Waals surface area (Å²) in [5.41, 5.74) is 0.486. The first-order chi connectivity index (χ1) is 15.5. The molecule has 2 rings (SSSR count). The molecule has 0 heterocycles. The fourth-order valence-corrected chi connectivity index (χ4v) is 3.33. The molecule has 0 fully saturated rings. The molecule has 2 aromatic rings. The monoisotopic (exact) mass is 461 g/mol. The van der Waals surface area contributed by atoms with Crippen LogP contribution in [0.1, 0.15) is 44.7 Å². The average Bonchev–Trinajstić information content (AvgIpc) is 2.74. The fourth-order valence-electron chi connectivity index (χ4n) is 3.33. The van der Waals surface area contributed by atoms with Gasteiger partial charge in [-0.25, -0.2) is 14.0 Å². The Balaban J connectivity index is 2.29. The molecule has 0 aromatic heterocycles. The van der Waals surface area contributed by atoms with Crippen molar-refractivity contribution in [2.75, 3.05) is 20.4 Å². The summed E-state index contributed by atoms with van der Waals surface area (Å²) >= 11 is 0. The number of phenols is 1. The minimum absolute atomic E-state index is 0.00180. The van der Waals surface area contributed by atoms with Crippen LogP contribution in [0.25, 0.3) is 0 Å². The van der Waals surface area contributed by atoms with Crippen LogP contribution in [0.4, 0.5) is 9.18 Å². The Morgan fingerprint density at radius 2 is 1.73 bits per heavy atom. The van der Waals surface area contributed by atoms with Crippen molar-refractivity contribution in [3.8, 4) is 5.75 Å². The van der Waals surface area contributed by atoms with E-state index in [0.717, 1.165) is 0 Å². The van der Waals surface area contributed by atoms with Crippen molar-refractivity contribution >= 4 is 12.1 Å². The number of hydrogen-bond donors (Lipinski definition) is 1. The maximum atomic E-state index is 13.4. The minimum Gasteiger partial charge on any atom is -0.508 e. The molecule has 180 valence electrons. The molecule has 0 saturated heterocycles. The van der Waals surface area contributed by atoms with Gasteiger partial charge in [0.2, 0.25) is 0 Å². The number of para-hydroxylation sites is 1. The molecule has 0 aliphatic heterocycles. The highest BCUT2D eigenvalue weighted by Gasteiger charge is 2.38. The molecule has 0 aliphatic rings. The number of aromatic hydroxyl groups is 1. The van der Waals surface area contributed by atoms with E-state index in [9.17, 15) is 19.1 Å². The highest BCUT2D eigenvalue weighted by Crippen LogP contribution is 2.27. The molecule has 0 bridgehead atoms. The first kappa shape index (κ1) is 26.1. The lowest BCUT2D eigenvalue weighted by Crippen LogP contribution is -2.51. The Bertz CT molecular complexity index is 925. The smallest absolute Gasteiger partial charge is 0.412 e. The molecule has 1 unspecified atom stereocenters. The van der Waals surface area contributed by atoms with Gasteiger partial charge in [-0.2, -0.15) is 0 Å². The van der Waals surface area contributed by atoms with E-state index in [0.29, 0.717) is 17.5 Å². The third kappa shape index (κ3) is 7.75. The van der Waals surface area contributed by atoms with Gasteiger partial charge in [-0.05, 0) is 50.1 Å². The van der Waals surface area contributed by atoms with E-state index in [-0.39, 0.29) is 19.1 Å². The summed E-state index contributed by atoms with van der Waals surface area (Å²) in [5.74, 6) is -1.51. The maximum absolute atomic E-state index is 13.4. The molecule has 0 radical (unpaired) electrons. The number of methoxy groups -OCH3 is 1. The van der Waals surface area contributed by atoms with Crippen LogP contribution in [0.2, 0.25) is 0 Å². The molecule has 2 atom stereocenters. The van der Waals surface area contributed by atoms with Gasteiger partial charge in [0.25, 0.3) is 0 Å². The SMILES string of the molecule is COCN(C(=O)OC(C)(C)C)[C@H](C(=O)OCCc1ccccc1O)C(C)c1ccc(F)cc1. The molecule has 0 spiro atoms. The maximum Gasteiger partial charge on any atom is 0.412 e. The van der Waals surface area contributed by atoms with Crippen molar-refractivity contribution in [3.05, 3.63) is 65.5 Å². The quantitative estimate of drug-likeness (QED) is 0.433. The van der Waals surface area contributed by atoms with Crippen LogP contribution >= 0.6 is 0 Å². The van der Waals surface area contributed by atoms with Gasteiger partial charge < -0.3 is 19.3 Å². The van der Waals surface area contributed by atoms with Crippen molar-refractivity contribution in [2.45, 2.75) is 51.7 Å². The van der Waals surface area contributed by atoms with Gasteiger partial charge in [0.1, 0.15) is 29.9 Å². The molecule has 2 aromatic carbocycles. The summed E-state index contributed by atoms with van der Waals surface area (Å²) in [6.07, 6.45) is -0.437. The summed E-state index contributed by atoms with van der Waals surface area (Å²) in [4.78, 5) is 27.3. The Labute approximate surface area is 194 Å². The first-order valence-corrected chi connectivity index (χ1v) is 10.7. The van der Waals surface area contributed by atoms with Gasteiger partial charge in [0.15, 0.2) is 0 Å². The number of carbonyl (C=O) groups excluding carboxylic acids is 2. The molecule has 8 heteroatoms. The molecule has 1 N–H and O–H groups in total. The number of benzene rings is 2. The Morgan fingerprint density at radius 1 is 1.09 bits per heavy atom. The zero-order chi connectivity index (χ0) is 24.6. The normalized spacial score (nSPS) is 13.2. The highest BCUT2D eigenvalue weighted by atomic mass is 19.1. The second-order valence-corrected chi connectivity index (χ2v) is 8.70. The lowest BCUT2D eigenvalue weighted by molar-refractivity contribution is -0.152. The number of amides is 1. The Morgan fingerprint density at radius 3 is 2.30 bits per heavy atom. The second kappa shape index (κ2) is 11.7. The molecule has 0 aliphatic carbocycles. The Kier molecular flexibility index (Phi) is 9.22. The number of ether oxygens (including phenoxy) is 3. The van der Waals surface area contributed by atoms with E-state index >= 15 is 0 Å². The van der Waals surface area contributed by atoms with Crippen molar-refractivity contribution in [1.29, 1.82) is 0 Å². The molecular formula is C25H32FNO6. The van der Waals surface area contributed by atoms with E-state index in [2.05, 4.69) is 0 Å². The van der Waals surface area contributed by atoms with Crippen LogP contribution in [0.3, 0.4) is 0 Å². The number of esters is 1. The minimum atomic E-state index is -1.09. The van der Waals surface area contributed by atoms with Gasteiger partial charge in [0, 0.05) is 19.4 Å². The van der Waals surface area contributed by atoms with Crippen molar-refractivity contribution in [1.82, 2.24) is 4.90 Å². The van der Waals surface area contributed by atoms with Gasteiger partial charge in [0.05, 0.1) is 6.61 Å². The van der Waals surface area contributed by atoms with Gasteiger partial charge in [-0.15, -0.1) is 0 Å². The van der Waals surface area contributed by atoms with Crippen LogP contribution in [-0.4, -0.2) is 54.2 Å². The topological polar surface area (TPSA) is 85.3 Å². The van der Waals surface area contributed by atoms with Gasteiger partial charge >= 0.3 is 12.1 Å². The van der Waals surface area contributed by atoms with Crippen LogP contribution < -0.4 is 0 Å². The molecule has 7 nitrogen and oxygen atoms in total. The number of hydrogen-bond acceptors (Lipinski definition) is 6. The van der Waals surface area contributed by atoms with E-state index in [4.69, 9.17) is 14.2 Å². The van der Waals surface area contributed by atoms with E-state index in [1.807, 2.05) is 0 Å². The van der Waals surface area contributed by atoms with Crippen molar-refractivity contribution in [2.24, 2.45) is 0 Å². The first-order valence-electron chi connectivity index (χ1n) is 10.7. The molecular weight excluding hydrogens is 429 g/mol. The summed E-state index contributed by atoms with van der Waals surface area (Å²) in [6, 6.07) is 11.4. The number of rotatable bonds is 9. The van der Waals surface area contributed by atoms with Crippen molar-refractivity contribution in [3.63, 3.8) is 0 Å². The second-order valence-electron chi connectivity index (χ2n) is 8.70. The predicted molar refractivity (Wildman–Crippen MR) is 121 cm³/mol. The summed E-state index contributed by atoms with van der Waals surface area (Å²) in [6.45, 7) is 6.70. The predicted octanol–water partition coefficient (Wildman–Crippen LogP) is 4.63. The highest BCUT2D eigenvalue weighted by molar-refractivity contribution is 5.82. The number of carbonyl (C=O) groups is 2. The van der Waals surface area contributed by atoms with Crippen LogP contribution in [0, 0.1) is 5.82 Å². The zero-order valence-electron chi connectivity index (χ0n) is 19.7. The summed E-state index contributed by atoms with van der Waals surface area (Å²) < 4.78 is 29.6. The van der Waals surface area contributed by atoms with Crippen LogP contribution in [-0.2, 0) is 25.4 Å². The zero-order valence-corrected chi connectivity index (χ0v) is 19.7. The molecule has 1 amide bonds. The standard InChI is InChI=1S/C25H32FNO6/c1-17(18-10-12-20(26)13-11-18)22(27(16-31-5)24(30)33-25(2,3)4)23(29)32-15-14-19-8-6-7-9-21(19)28/h6-13,17,22,28H,14-16H2,1-5H3/t17?,22-/m0/s1. The van der Waals surface area contributed by atoms with E-state index in [1.54, 1.807) is 64.1 Å². The van der Waals surface area contributed by atoms with Crippen LogP contribution in [0.5, 0.6) is 5.75 Å². The summed E-state index contributed by atoms with van der Waals surface area (Å²) in [5, 5.41) is 9.93.